The van der Waals surface area contributed by atoms with Crippen molar-refractivity contribution in [1.29, 1.82) is 0 Å². The molecule has 0 aromatic heterocycles. The molecule has 0 fully saturated rings. The number of aryl methyl sites for hydroxylation is 1. The lowest BCUT2D eigenvalue weighted by Crippen LogP contribution is -1.82. The molecule has 0 spiro atoms. The van der Waals surface area contributed by atoms with Crippen LogP contribution in [0.15, 0.2) is 47.5 Å². The molecule has 2 N–H and O–H groups in total. The van der Waals surface area contributed by atoms with Gasteiger partial charge in [-0.05, 0) is 36.2 Å². The van der Waals surface area contributed by atoms with Crippen LogP contribution >= 0.6 is 0 Å². The second-order valence-electron chi connectivity index (χ2n) is 4.02. The summed E-state index contributed by atoms with van der Waals surface area (Å²) in [6.45, 7) is 2.10. The average Bonchev–Trinajstić information content (AvgIpc) is 2.38. The van der Waals surface area contributed by atoms with Crippen LogP contribution in [0.1, 0.15) is 18.1 Å². The van der Waals surface area contributed by atoms with Gasteiger partial charge in [0.05, 0.1) is 5.69 Å². The minimum atomic E-state index is 0.0175. The van der Waals surface area contributed by atoms with Crippen molar-refractivity contribution in [2.24, 2.45) is 4.99 Å². The Labute approximate surface area is 106 Å². The number of phenols is 2. The van der Waals surface area contributed by atoms with Crippen LogP contribution in [0.5, 0.6) is 11.5 Å². The zero-order chi connectivity index (χ0) is 13.0. The van der Waals surface area contributed by atoms with E-state index in [0.29, 0.717) is 5.56 Å². The summed E-state index contributed by atoms with van der Waals surface area (Å²) in [6.07, 6.45) is 2.58. The topological polar surface area (TPSA) is 52.8 Å². The van der Waals surface area contributed by atoms with Crippen LogP contribution in [-0.2, 0) is 6.42 Å². The largest absolute Gasteiger partial charge is 0.508 e. The van der Waals surface area contributed by atoms with E-state index in [1.165, 1.54) is 17.7 Å². The maximum Gasteiger partial charge on any atom is 0.128 e. The molecule has 0 aliphatic heterocycles. The number of phenolic OH excluding ortho intramolecular Hbond substituents is 2. The van der Waals surface area contributed by atoms with Gasteiger partial charge >= 0.3 is 0 Å². The Morgan fingerprint density at radius 3 is 2.39 bits per heavy atom. The predicted molar refractivity (Wildman–Crippen MR) is 72.8 cm³/mol. The van der Waals surface area contributed by atoms with Gasteiger partial charge in [0.15, 0.2) is 0 Å². The van der Waals surface area contributed by atoms with Crippen molar-refractivity contribution in [2.75, 3.05) is 0 Å². The van der Waals surface area contributed by atoms with Gasteiger partial charge < -0.3 is 10.2 Å². The van der Waals surface area contributed by atoms with E-state index >= 15 is 0 Å². The standard InChI is InChI=1S/C15H15NO2/c1-2-11-3-6-13(7-4-11)16-10-12-5-8-14(17)9-15(12)18/h3-10,17-18H,2H2,1H3. The first kappa shape index (κ1) is 12.2. The van der Waals surface area contributed by atoms with Gasteiger partial charge in [-0.15, -0.1) is 0 Å². The number of aromatic hydroxyl groups is 2. The average molecular weight is 241 g/mol. The molecule has 0 aliphatic carbocycles. The molecule has 0 saturated carbocycles. The lowest BCUT2D eigenvalue weighted by Gasteiger charge is -2.00. The van der Waals surface area contributed by atoms with Crippen molar-refractivity contribution >= 4 is 11.9 Å². The second-order valence-corrected chi connectivity index (χ2v) is 4.02. The summed E-state index contributed by atoms with van der Waals surface area (Å²) in [5, 5.41) is 18.8. The zero-order valence-corrected chi connectivity index (χ0v) is 10.2. The van der Waals surface area contributed by atoms with Crippen LogP contribution in [0.25, 0.3) is 0 Å². The highest BCUT2D eigenvalue weighted by atomic mass is 16.3. The van der Waals surface area contributed by atoms with Gasteiger partial charge in [0.1, 0.15) is 11.5 Å². The minimum Gasteiger partial charge on any atom is -0.508 e. The van der Waals surface area contributed by atoms with Crippen molar-refractivity contribution in [3.8, 4) is 11.5 Å². The van der Waals surface area contributed by atoms with E-state index in [1.807, 2.05) is 24.3 Å². The molecule has 18 heavy (non-hydrogen) atoms. The molecule has 2 aromatic rings. The van der Waals surface area contributed by atoms with Crippen LogP contribution in [-0.4, -0.2) is 16.4 Å². The molecule has 3 heteroatoms. The van der Waals surface area contributed by atoms with Gasteiger partial charge in [-0.25, -0.2) is 0 Å². The fraction of sp³-hybridized carbons (Fsp3) is 0.133. The van der Waals surface area contributed by atoms with E-state index in [2.05, 4.69) is 11.9 Å². The lowest BCUT2D eigenvalue weighted by atomic mass is 10.1. The molecule has 2 rings (SSSR count). The molecule has 0 atom stereocenters. The second kappa shape index (κ2) is 5.36. The number of hydrogen-bond donors (Lipinski definition) is 2. The van der Waals surface area contributed by atoms with E-state index in [-0.39, 0.29) is 11.5 Å². The summed E-state index contributed by atoms with van der Waals surface area (Å²) in [4.78, 5) is 4.28. The van der Waals surface area contributed by atoms with Gasteiger partial charge in [0, 0.05) is 17.8 Å². The third-order valence-corrected chi connectivity index (χ3v) is 2.71. The normalized spacial score (nSPS) is 10.9. The monoisotopic (exact) mass is 241 g/mol. The summed E-state index contributed by atoms with van der Waals surface area (Å²) in [6, 6.07) is 12.4. The van der Waals surface area contributed by atoms with E-state index < -0.39 is 0 Å². The third kappa shape index (κ3) is 2.88. The molecular formula is C15H15NO2. The van der Waals surface area contributed by atoms with E-state index in [4.69, 9.17) is 0 Å². The van der Waals surface area contributed by atoms with Gasteiger partial charge in [-0.1, -0.05) is 19.1 Å². The lowest BCUT2D eigenvalue weighted by molar-refractivity contribution is 0.450. The fourth-order valence-corrected chi connectivity index (χ4v) is 1.60. The SMILES string of the molecule is CCc1ccc(N=Cc2ccc(O)cc2O)cc1. The summed E-state index contributed by atoms with van der Waals surface area (Å²) >= 11 is 0. The number of benzene rings is 2. The summed E-state index contributed by atoms with van der Waals surface area (Å²) in [5.74, 6) is 0.0564. The van der Waals surface area contributed by atoms with Crippen LogP contribution in [0.4, 0.5) is 5.69 Å². The highest BCUT2D eigenvalue weighted by molar-refractivity contribution is 5.85. The first-order chi connectivity index (χ1) is 8.69. The molecule has 0 bridgehead atoms. The summed E-state index contributed by atoms with van der Waals surface area (Å²) in [7, 11) is 0. The molecule has 3 nitrogen and oxygen atoms in total. The first-order valence-electron chi connectivity index (χ1n) is 5.84. The van der Waals surface area contributed by atoms with Crippen LogP contribution in [0.3, 0.4) is 0 Å². The highest BCUT2D eigenvalue weighted by Crippen LogP contribution is 2.22. The third-order valence-electron chi connectivity index (χ3n) is 2.71. The van der Waals surface area contributed by atoms with Crippen molar-refractivity contribution < 1.29 is 10.2 Å². The smallest absolute Gasteiger partial charge is 0.128 e. The molecule has 0 amide bonds. The Hall–Kier alpha value is -2.29. The maximum absolute atomic E-state index is 9.60. The van der Waals surface area contributed by atoms with Crippen molar-refractivity contribution in [3.05, 3.63) is 53.6 Å². The molecule has 92 valence electrons. The summed E-state index contributed by atoms with van der Waals surface area (Å²) < 4.78 is 0. The molecule has 0 heterocycles. The van der Waals surface area contributed by atoms with E-state index in [9.17, 15) is 10.2 Å². The molecule has 2 aromatic carbocycles. The first-order valence-corrected chi connectivity index (χ1v) is 5.84. The molecule has 0 saturated heterocycles. The van der Waals surface area contributed by atoms with Gasteiger partial charge in [-0.3, -0.25) is 4.99 Å². The Balaban J connectivity index is 2.19. The minimum absolute atomic E-state index is 0.0175. The molecule has 0 aliphatic rings. The Morgan fingerprint density at radius 2 is 1.78 bits per heavy atom. The Bertz CT molecular complexity index is 559. The van der Waals surface area contributed by atoms with Gasteiger partial charge in [0.25, 0.3) is 0 Å². The van der Waals surface area contributed by atoms with Crippen molar-refractivity contribution in [1.82, 2.24) is 0 Å². The zero-order valence-electron chi connectivity index (χ0n) is 10.2. The fourth-order valence-electron chi connectivity index (χ4n) is 1.60. The van der Waals surface area contributed by atoms with E-state index in [1.54, 1.807) is 12.3 Å². The van der Waals surface area contributed by atoms with Crippen LogP contribution in [0.2, 0.25) is 0 Å². The van der Waals surface area contributed by atoms with Crippen LogP contribution < -0.4 is 0 Å². The number of nitrogens with zero attached hydrogens (tertiary/aromatic N) is 1. The van der Waals surface area contributed by atoms with Crippen molar-refractivity contribution in [2.45, 2.75) is 13.3 Å². The quantitative estimate of drug-likeness (QED) is 0.809. The molecule has 0 unspecified atom stereocenters. The van der Waals surface area contributed by atoms with Crippen molar-refractivity contribution in [3.63, 3.8) is 0 Å². The van der Waals surface area contributed by atoms with E-state index in [0.717, 1.165) is 12.1 Å². The molecular weight excluding hydrogens is 226 g/mol. The Morgan fingerprint density at radius 1 is 1.06 bits per heavy atom. The highest BCUT2D eigenvalue weighted by Gasteiger charge is 1.99. The number of aliphatic imine (C=N–C) groups is 1. The Kier molecular flexibility index (Phi) is 3.63. The maximum atomic E-state index is 9.60. The number of hydrogen-bond acceptors (Lipinski definition) is 3. The van der Waals surface area contributed by atoms with Gasteiger partial charge in [0.2, 0.25) is 0 Å². The van der Waals surface area contributed by atoms with Crippen LogP contribution in [0, 0.1) is 0 Å². The predicted octanol–water partition coefficient (Wildman–Crippen LogP) is 3.41. The summed E-state index contributed by atoms with van der Waals surface area (Å²) in [5.41, 5.74) is 2.67. The van der Waals surface area contributed by atoms with Gasteiger partial charge in [-0.2, -0.15) is 0 Å². The number of rotatable bonds is 3. The molecule has 0 radical (unpaired) electrons.